The van der Waals surface area contributed by atoms with E-state index in [1.54, 1.807) is 6.20 Å². The van der Waals surface area contributed by atoms with Gasteiger partial charge in [0.05, 0.1) is 18.7 Å². The van der Waals surface area contributed by atoms with Crippen molar-refractivity contribution in [1.82, 2.24) is 19.8 Å². The molecule has 1 saturated heterocycles. The summed E-state index contributed by atoms with van der Waals surface area (Å²) in [6.45, 7) is 2.57. The molecule has 1 fully saturated rings. The average molecular weight is 405 g/mol. The van der Waals surface area contributed by atoms with Gasteiger partial charge >= 0.3 is 0 Å². The van der Waals surface area contributed by atoms with Crippen molar-refractivity contribution in [3.63, 3.8) is 0 Å². The van der Waals surface area contributed by atoms with Crippen LogP contribution in [0.15, 0.2) is 65.5 Å². The van der Waals surface area contributed by atoms with Gasteiger partial charge in [-0.2, -0.15) is 0 Å². The number of amides is 1. The Morgan fingerprint density at radius 3 is 2.80 bits per heavy atom. The Morgan fingerprint density at radius 1 is 1.17 bits per heavy atom. The first-order chi connectivity index (χ1) is 14.7. The van der Waals surface area contributed by atoms with E-state index in [4.69, 9.17) is 4.42 Å². The molecule has 1 atom stereocenters. The molecule has 0 radical (unpaired) electrons. The maximum atomic E-state index is 12.8. The summed E-state index contributed by atoms with van der Waals surface area (Å²) < 4.78 is 6.05. The first kappa shape index (κ1) is 20.3. The number of hydrogen-bond donors (Lipinski definition) is 0. The fourth-order valence-corrected chi connectivity index (χ4v) is 3.99. The van der Waals surface area contributed by atoms with Crippen LogP contribution in [0.2, 0.25) is 0 Å². The lowest BCUT2D eigenvalue weighted by atomic mass is 9.98. The molecule has 0 saturated carbocycles. The number of carbonyl (C=O) groups is 1. The van der Waals surface area contributed by atoms with E-state index in [-0.39, 0.29) is 11.8 Å². The van der Waals surface area contributed by atoms with Crippen LogP contribution in [0.3, 0.4) is 0 Å². The largest absolute Gasteiger partial charge is 0.445 e. The highest BCUT2D eigenvalue weighted by Crippen LogP contribution is 2.27. The summed E-state index contributed by atoms with van der Waals surface area (Å²) in [5.41, 5.74) is 2.31. The van der Waals surface area contributed by atoms with Crippen LogP contribution < -0.4 is 0 Å². The van der Waals surface area contributed by atoms with Crippen LogP contribution in [0.4, 0.5) is 0 Å². The van der Waals surface area contributed by atoms with Gasteiger partial charge in [0.1, 0.15) is 5.76 Å². The van der Waals surface area contributed by atoms with Crippen LogP contribution in [-0.2, 0) is 17.8 Å². The van der Waals surface area contributed by atoms with Crippen LogP contribution in [0.1, 0.15) is 41.5 Å². The summed E-state index contributed by atoms with van der Waals surface area (Å²) in [5, 5.41) is 0. The molecule has 1 amide bonds. The number of benzene rings is 1. The van der Waals surface area contributed by atoms with Crippen molar-refractivity contribution in [2.45, 2.75) is 31.7 Å². The summed E-state index contributed by atoms with van der Waals surface area (Å²) in [4.78, 5) is 25.5. The van der Waals surface area contributed by atoms with Gasteiger partial charge in [0.2, 0.25) is 5.91 Å². The monoisotopic (exact) mass is 404 g/mol. The lowest BCUT2D eigenvalue weighted by Crippen LogP contribution is -2.43. The zero-order valence-electron chi connectivity index (χ0n) is 17.4. The Balaban J connectivity index is 1.32. The third kappa shape index (κ3) is 5.33. The second-order valence-electron chi connectivity index (χ2n) is 8.04. The fraction of sp³-hybridized carbons (Fsp3) is 0.375. The van der Waals surface area contributed by atoms with E-state index in [0.29, 0.717) is 19.6 Å². The number of nitrogens with zero attached hydrogens (tertiary/aromatic N) is 4. The SMILES string of the molecule is CN(CC(=O)N1CCC[C@H](c2ncc(Cc3ccccc3)o2)C1)Cc1cccnc1. The highest BCUT2D eigenvalue weighted by Gasteiger charge is 2.28. The van der Waals surface area contributed by atoms with E-state index in [9.17, 15) is 4.79 Å². The van der Waals surface area contributed by atoms with E-state index >= 15 is 0 Å². The van der Waals surface area contributed by atoms with Gasteiger partial charge in [-0.05, 0) is 37.1 Å². The third-order valence-corrected chi connectivity index (χ3v) is 5.50. The number of likely N-dealkylation sites (tertiary alicyclic amines) is 1. The van der Waals surface area contributed by atoms with Crippen molar-refractivity contribution < 1.29 is 9.21 Å². The molecule has 3 aromatic rings. The molecule has 1 aliphatic rings. The molecular weight excluding hydrogens is 376 g/mol. The van der Waals surface area contributed by atoms with Gasteiger partial charge in [0, 0.05) is 38.4 Å². The lowest BCUT2D eigenvalue weighted by Gasteiger charge is -2.32. The number of hydrogen-bond acceptors (Lipinski definition) is 5. The Morgan fingerprint density at radius 2 is 2.00 bits per heavy atom. The molecule has 0 bridgehead atoms. The number of oxazole rings is 1. The number of piperidine rings is 1. The molecule has 0 aliphatic carbocycles. The molecule has 6 nitrogen and oxygen atoms in total. The Hall–Kier alpha value is -2.99. The van der Waals surface area contributed by atoms with Crippen LogP contribution in [0.25, 0.3) is 0 Å². The lowest BCUT2D eigenvalue weighted by molar-refractivity contribution is -0.133. The highest BCUT2D eigenvalue weighted by atomic mass is 16.4. The molecule has 1 aromatic carbocycles. The van der Waals surface area contributed by atoms with E-state index in [0.717, 1.165) is 43.0 Å². The zero-order valence-corrected chi connectivity index (χ0v) is 17.4. The van der Waals surface area contributed by atoms with Gasteiger partial charge < -0.3 is 9.32 Å². The van der Waals surface area contributed by atoms with Crippen LogP contribution in [0, 0.1) is 0 Å². The quantitative estimate of drug-likeness (QED) is 0.603. The fourth-order valence-electron chi connectivity index (χ4n) is 3.99. The minimum atomic E-state index is 0.155. The Kier molecular flexibility index (Phi) is 6.54. The van der Waals surface area contributed by atoms with Crippen molar-refractivity contribution >= 4 is 5.91 Å². The maximum absolute atomic E-state index is 12.8. The van der Waals surface area contributed by atoms with E-state index in [1.165, 1.54) is 5.56 Å². The summed E-state index contributed by atoms with van der Waals surface area (Å²) in [6, 6.07) is 14.2. The van der Waals surface area contributed by atoms with Crippen LogP contribution in [-0.4, -0.2) is 52.4 Å². The number of carbonyl (C=O) groups excluding carboxylic acids is 1. The molecular formula is C24H28N4O2. The zero-order chi connectivity index (χ0) is 20.8. The molecule has 6 heteroatoms. The van der Waals surface area contributed by atoms with E-state index < -0.39 is 0 Å². The normalized spacial score (nSPS) is 16.7. The standard InChI is InChI=1S/C24H28N4O2/c1-27(16-20-9-5-11-25-14-20)18-23(29)28-12-6-10-21(17-28)24-26-15-22(30-24)13-19-7-3-2-4-8-19/h2-5,7-9,11,14-15,21H,6,10,12-13,16-18H2,1H3/t21-/m0/s1. The Labute approximate surface area is 177 Å². The number of likely N-dealkylation sites (N-methyl/N-ethyl adjacent to an activating group) is 1. The van der Waals surface area contributed by atoms with Crippen molar-refractivity contribution in [1.29, 1.82) is 0 Å². The van der Waals surface area contributed by atoms with Crippen molar-refractivity contribution in [3.05, 3.63) is 83.8 Å². The highest BCUT2D eigenvalue weighted by molar-refractivity contribution is 5.78. The second-order valence-corrected chi connectivity index (χ2v) is 8.04. The Bertz CT molecular complexity index is 942. The summed E-state index contributed by atoms with van der Waals surface area (Å²) in [7, 11) is 1.97. The van der Waals surface area contributed by atoms with Gasteiger partial charge in [-0.1, -0.05) is 36.4 Å². The molecule has 156 valence electrons. The minimum absolute atomic E-state index is 0.155. The van der Waals surface area contributed by atoms with Crippen molar-refractivity contribution in [2.24, 2.45) is 0 Å². The smallest absolute Gasteiger partial charge is 0.236 e. The number of pyridine rings is 1. The molecule has 4 rings (SSSR count). The van der Waals surface area contributed by atoms with Gasteiger partial charge in [0.15, 0.2) is 5.89 Å². The van der Waals surface area contributed by atoms with Crippen molar-refractivity contribution in [3.8, 4) is 0 Å². The molecule has 1 aliphatic heterocycles. The molecule has 0 N–H and O–H groups in total. The van der Waals surface area contributed by atoms with Gasteiger partial charge in [-0.25, -0.2) is 4.98 Å². The molecule has 30 heavy (non-hydrogen) atoms. The van der Waals surface area contributed by atoms with E-state index in [1.807, 2.05) is 59.6 Å². The minimum Gasteiger partial charge on any atom is -0.445 e. The molecule has 0 unspecified atom stereocenters. The topological polar surface area (TPSA) is 62.5 Å². The predicted molar refractivity (Wildman–Crippen MR) is 115 cm³/mol. The van der Waals surface area contributed by atoms with Gasteiger partial charge in [-0.15, -0.1) is 0 Å². The number of rotatable bonds is 7. The average Bonchev–Trinajstić information content (AvgIpc) is 3.24. The van der Waals surface area contributed by atoms with Gasteiger partial charge in [-0.3, -0.25) is 14.7 Å². The second kappa shape index (κ2) is 9.67. The summed E-state index contributed by atoms with van der Waals surface area (Å²) >= 11 is 0. The number of aromatic nitrogens is 2. The van der Waals surface area contributed by atoms with Crippen molar-refractivity contribution in [2.75, 3.05) is 26.7 Å². The predicted octanol–water partition coefficient (Wildman–Crippen LogP) is 3.50. The summed E-state index contributed by atoms with van der Waals surface area (Å²) in [6.07, 6.45) is 8.14. The molecule has 3 heterocycles. The maximum Gasteiger partial charge on any atom is 0.236 e. The van der Waals surface area contributed by atoms with Gasteiger partial charge in [0.25, 0.3) is 0 Å². The summed E-state index contributed by atoms with van der Waals surface area (Å²) in [5.74, 6) is 1.94. The van der Waals surface area contributed by atoms with E-state index in [2.05, 4.69) is 22.1 Å². The first-order valence-corrected chi connectivity index (χ1v) is 10.5. The van der Waals surface area contributed by atoms with Crippen LogP contribution >= 0.6 is 0 Å². The molecule has 0 spiro atoms. The first-order valence-electron chi connectivity index (χ1n) is 10.5. The van der Waals surface area contributed by atoms with Crippen LogP contribution in [0.5, 0.6) is 0 Å². The molecule has 2 aromatic heterocycles. The third-order valence-electron chi connectivity index (χ3n) is 5.50.